The summed E-state index contributed by atoms with van der Waals surface area (Å²) in [6, 6.07) is 1.69. The van der Waals surface area contributed by atoms with Gasteiger partial charge in [0, 0.05) is 13.5 Å². The third-order valence-corrected chi connectivity index (χ3v) is 1.81. The number of rotatable bonds is 3. The number of halogens is 1. The highest BCUT2D eigenvalue weighted by Crippen LogP contribution is 2.16. The first-order valence-electron chi connectivity index (χ1n) is 3.63. The van der Waals surface area contributed by atoms with E-state index in [0.717, 1.165) is 12.1 Å². The Morgan fingerprint density at radius 1 is 1.67 bits per heavy atom. The standard InChI is InChI=1S/C8H11ClN2O/c1-12-3-2-8-7(9)4-6(10)5-11-8/h4-5H,2-3,10H2,1H3. The van der Waals surface area contributed by atoms with Crippen molar-refractivity contribution in [3.05, 3.63) is 23.0 Å². The lowest BCUT2D eigenvalue weighted by Crippen LogP contribution is -1.99. The molecule has 0 aromatic carbocycles. The molecule has 4 heteroatoms. The van der Waals surface area contributed by atoms with Gasteiger partial charge in [-0.15, -0.1) is 0 Å². The van der Waals surface area contributed by atoms with Gasteiger partial charge >= 0.3 is 0 Å². The largest absolute Gasteiger partial charge is 0.397 e. The van der Waals surface area contributed by atoms with Crippen molar-refractivity contribution in [2.75, 3.05) is 19.5 Å². The van der Waals surface area contributed by atoms with Crippen LogP contribution in [0, 0.1) is 0 Å². The Morgan fingerprint density at radius 3 is 3.00 bits per heavy atom. The van der Waals surface area contributed by atoms with E-state index in [1.807, 2.05) is 0 Å². The fourth-order valence-corrected chi connectivity index (χ4v) is 1.13. The molecule has 0 saturated heterocycles. The molecular weight excluding hydrogens is 176 g/mol. The lowest BCUT2D eigenvalue weighted by molar-refractivity contribution is 0.201. The predicted octanol–water partition coefficient (Wildman–Crippen LogP) is 1.51. The second-order valence-corrected chi connectivity index (χ2v) is 2.85. The van der Waals surface area contributed by atoms with Crippen LogP contribution in [0.25, 0.3) is 0 Å². The highest BCUT2D eigenvalue weighted by Gasteiger charge is 2.01. The van der Waals surface area contributed by atoms with Crippen molar-refractivity contribution >= 4 is 17.3 Å². The first kappa shape index (κ1) is 9.29. The Hall–Kier alpha value is -0.800. The number of anilines is 1. The summed E-state index contributed by atoms with van der Waals surface area (Å²) in [5, 5.41) is 0.604. The quantitative estimate of drug-likeness (QED) is 0.779. The van der Waals surface area contributed by atoms with Gasteiger partial charge in [-0.1, -0.05) is 11.6 Å². The first-order chi connectivity index (χ1) is 5.74. The van der Waals surface area contributed by atoms with Gasteiger partial charge in [-0.05, 0) is 6.07 Å². The smallest absolute Gasteiger partial charge is 0.0642 e. The Bertz CT molecular complexity index is 265. The van der Waals surface area contributed by atoms with Crippen LogP contribution in [-0.4, -0.2) is 18.7 Å². The summed E-state index contributed by atoms with van der Waals surface area (Å²) in [5.41, 5.74) is 6.89. The van der Waals surface area contributed by atoms with Gasteiger partial charge in [-0.25, -0.2) is 0 Å². The average Bonchev–Trinajstić information content (AvgIpc) is 2.03. The van der Waals surface area contributed by atoms with Crippen LogP contribution in [0.5, 0.6) is 0 Å². The summed E-state index contributed by atoms with van der Waals surface area (Å²) in [6.45, 7) is 0.622. The summed E-state index contributed by atoms with van der Waals surface area (Å²) in [5.74, 6) is 0. The average molecular weight is 187 g/mol. The van der Waals surface area contributed by atoms with Gasteiger partial charge in [0.1, 0.15) is 0 Å². The van der Waals surface area contributed by atoms with Gasteiger partial charge in [-0.2, -0.15) is 0 Å². The molecule has 0 atom stereocenters. The molecule has 0 aliphatic carbocycles. The number of methoxy groups -OCH3 is 1. The van der Waals surface area contributed by atoms with Crippen molar-refractivity contribution in [1.82, 2.24) is 4.98 Å². The van der Waals surface area contributed by atoms with Crippen LogP contribution in [0.2, 0.25) is 5.02 Å². The zero-order chi connectivity index (χ0) is 8.97. The summed E-state index contributed by atoms with van der Waals surface area (Å²) in [6.07, 6.45) is 2.31. The van der Waals surface area contributed by atoms with Crippen molar-refractivity contribution in [1.29, 1.82) is 0 Å². The molecule has 0 amide bonds. The van der Waals surface area contributed by atoms with Crippen LogP contribution in [0.1, 0.15) is 5.69 Å². The molecule has 1 aromatic rings. The van der Waals surface area contributed by atoms with E-state index in [1.165, 1.54) is 0 Å². The third-order valence-electron chi connectivity index (χ3n) is 1.48. The molecule has 0 saturated carbocycles. The van der Waals surface area contributed by atoms with Gasteiger partial charge in [0.2, 0.25) is 0 Å². The van der Waals surface area contributed by atoms with Gasteiger partial charge in [0.15, 0.2) is 0 Å². The fraction of sp³-hybridized carbons (Fsp3) is 0.375. The molecule has 0 aliphatic rings. The molecule has 1 aromatic heterocycles. The van der Waals surface area contributed by atoms with Crippen LogP contribution in [0.15, 0.2) is 12.3 Å². The van der Waals surface area contributed by atoms with E-state index in [4.69, 9.17) is 22.1 Å². The van der Waals surface area contributed by atoms with Gasteiger partial charge in [-0.3, -0.25) is 4.98 Å². The molecular formula is C8H11ClN2O. The second kappa shape index (κ2) is 4.28. The van der Waals surface area contributed by atoms with Gasteiger partial charge < -0.3 is 10.5 Å². The Balaban J connectivity index is 2.72. The van der Waals surface area contributed by atoms with E-state index in [0.29, 0.717) is 17.3 Å². The molecule has 1 heterocycles. The maximum Gasteiger partial charge on any atom is 0.0642 e. The summed E-state index contributed by atoms with van der Waals surface area (Å²) in [7, 11) is 1.64. The van der Waals surface area contributed by atoms with Crippen LogP contribution in [-0.2, 0) is 11.2 Å². The molecule has 0 fully saturated rings. The Kier molecular flexibility index (Phi) is 3.31. The number of nitrogens with two attached hydrogens (primary N) is 1. The normalized spacial score (nSPS) is 10.2. The summed E-state index contributed by atoms with van der Waals surface area (Å²) >= 11 is 5.87. The highest BCUT2D eigenvalue weighted by atomic mass is 35.5. The number of nitrogen functional groups attached to an aromatic ring is 1. The molecule has 2 N–H and O–H groups in total. The number of hydrogen-bond acceptors (Lipinski definition) is 3. The lowest BCUT2D eigenvalue weighted by Gasteiger charge is -2.02. The van der Waals surface area contributed by atoms with Crippen molar-refractivity contribution in [3.63, 3.8) is 0 Å². The first-order valence-corrected chi connectivity index (χ1v) is 4.00. The zero-order valence-corrected chi connectivity index (χ0v) is 7.64. The monoisotopic (exact) mass is 186 g/mol. The Labute approximate surface area is 76.5 Å². The maximum atomic E-state index is 5.87. The number of ether oxygens (including phenoxy) is 1. The van der Waals surface area contributed by atoms with Crippen LogP contribution < -0.4 is 5.73 Å². The molecule has 66 valence electrons. The van der Waals surface area contributed by atoms with Gasteiger partial charge in [0.05, 0.1) is 29.2 Å². The number of aromatic nitrogens is 1. The van der Waals surface area contributed by atoms with Crippen molar-refractivity contribution in [2.45, 2.75) is 6.42 Å². The predicted molar refractivity (Wildman–Crippen MR) is 49.2 cm³/mol. The van der Waals surface area contributed by atoms with Crippen molar-refractivity contribution in [3.8, 4) is 0 Å². The molecule has 0 unspecified atom stereocenters. The van der Waals surface area contributed by atoms with Crippen LogP contribution in [0.3, 0.4) is 0 Å². The number of pyridine rings is 1. The zero-order valence-electron chi connectivity index (χ0n) is 6.88. The van der Waals surface area contributed by atoms with Crippen molar-refractivity contribution < 1.29 is 4.74 Å². The number of nitrogens with zero attached hydrogens (tertiary/aromatic N) is 1. The summed E-state index contributed by atoms with van der Waals surface area (Å²) < 4.78 is 4.90. The van der Waals surface area contributed by atoms with Crippen molar-refractivity contribution in [2.24, 2.45) is 0 Å². The SMILES string of the molecule is COCCc1ncc(N)cc1Cl. The summed E-state index contributed by atoms with van der Waals surface area (Å²) in [4.78, 5) is 4.08. The van der Waals surface area contributed by atoms with E-state index in [2.05, 4.69) is 4.98 Å². The molecule has 0 aliphatic heterocycles. The molecule has 1 rings (SSSR count). The molecule has 12 heavy (non-hydrogen) atoms. The topological polar surface area (TPSA) is 48.1 Å². The molecule has 0 spiro atoms. The minimum Gasteiger partial charge on any atom is -0.397 e. The van der Waals surface area contributed by atoms with E-state index in [9.17, 15) is 0 Å². The van der Waals surface area contributed by atoms with Crippen LogP contribution in [0.4, 0.5) is 5.69 Å². The van der Waals surface area contributed by atoms with E-state index >= 15 is 0 Å². The van der Waals surface area contributed by atoms with Gasteiger partial charge in [0.25, 0.3) is 0 Å². The third kappa shape index (κ3) is 2.36. The minimum absolute atomic E-state index is 0.584. The van der Waals surface area contributed by atoms with E-state index in [1.54, 1.807) is 19.4 Å². The maximum absolute atomic E-state index is 5.87. The van der Waals surface area contributed by atoms with E-state index < -0.39 is 0 Å². The highest BCUT2D eigenvalue weighted by molar-refractivity contribution is 6.31. The second-order valence-electron chi connectivity index (χ2n) is 2.44. The lowest BCUT2D eigenvalue weighted by atomic mass is 10.3. The fourth-order valence-electron chi connectivity index (χ4n) is 0.864. The van der Waals surface area contributed by atoms with Crippen LogP contribution >= 0.6 is 11.6 Å². The minimum atomic E-state index is 0.584. The molecule has 3 nitrogen and oxygen atoms in total. The Morgan fingerprint density at radius 2 is 2.42 bits per heavy atom. The molecule has 0 bridgehead atoms. The number of hydrogen-bond donors (Lipinski definition) is 1. The van der Waals surface area contributed by atoms with E-state index in [-0.39, 0.29) is 0 Å². The molecule has 0 radical (unpaired) electrons.